The highest BCUT2D eigenvalue weighted by atomic mass is 35.5. The van der Waals surface area contributed by atoms with Crippen molar-refractivity contribution in [3.8, 4) is 0 Å². The molecule has 10 heteroatoms. The van der Waals surface area contributed by atoms with Crippen molar-refractivity contribution in [3.05, 3.63) is 70.6 Å². The Balaban J connectivity index is 1.43. The minimum atomic E-state index is -3.85. The summed E-state index contributed by atoms with van der Waals surface area (Å²) in [6.07, 6.45) is 12.1. The second-order valence-electron chi connectivity index (χ2n) is 8.55. The second-order valence-corrected chi connectivity index (χ2v) is 10.6. The van der Waals surface area contributed by atoms with E-state index in [9.17, 15) is 8.42 Å². The van der Waals surface area contributed by atoms with E-state index in [-0.39, 0.29) is 15.7 Å². The lowest BCUT2D eigenvalue weighted by Crippen LogP contribution is -2.33. The molecular formula is C25H29ClN6O2S. The first-order valence-electron chi connectivity index (χ1n) is 11.6. The van der Waals surface area contributed by atoms with Crippen molar-refractivity contribution in [2.24, 2.45) is 5.73 Å². The van der Waals surface area contributed by atoms with Crippen LogP contribution in [-0.4, -0.2) is 35.5 Å². The number of sulfonamides is 1. The van der Waals surface area contributed by atoms with Gasteiger partial charge < -0.3 is 11.1 Å². The van der Waals surface area contributed by atoms with Gasteiger partial charge in [0.1, 0.15) is 10.7 Å². The summed E-state index contributed by atoms with van der Waals surface area (Å²) in [5.41, 5.74) is 8.47. The molecule has 0 bridgehead atoms. The molecule has 4 N–H and O–H groups in total. The van der Waals surface area contributed by atoms with Crippen molar-refractivity contribution >= 4 is 45.5 Å². The van der Waals surface area contributed by atoms with E-state index in [4.69, 9.17) is 17.3 Å². The Morgan fingerprint density at radius 1 is 1.06 bits per heavy atom. The number of anilines is 2. The highest BCUT2D eigenvalue weighted by molar-refractivity contribution is 7.92. The SMILES string of the molecule is CCc1nc(NS(=O)(=O)c2ccccc2Cl)ccc1C=Cc1cnc(NC2CCC(N)CC2)nc1. The molecular weight excluding hydrogens is 484 g/mol. The van der Waals surface area contributed by atoms with Gasteiger partial charge in [-0.1, -0.05) is 42.8 Å². The Morgan fingerprint density at radius 2 is 1.77 bits per heavy atom. The first-order valence-corrected chi connectivity index (χ1v) is 13.5. The van der Waals surface area contributed by atoms with Crippen LogP contribution in [0.5, 0.6) is 0 Å². The highest BCUT2D eigenvalue weighted by Gasteiger charge is 2.19. The highest BCUT2D eigenvalue weighted by Crippen LogP contribution is 2.24. The number of rotatable bonds is 8. The molecule has 1 saturated carbocycles. The molecule has 1 aliphatic rings. The van der Waals surface area contributed by atoms with E-state index < -0.39 is 10.0 Å². The summed E-state index contributed by atoms with van der Waals surface area (Å²) in [6, 6.07) is 10.4. The average Bonchev–Trinajstić information content (AvgIpc) is 2.85. The lowest BCUT2D eigenvalue weighted by atomic mass is 9.92. The maximum Gasteiger partial charge on any atom is 0.264 e. The Labute approximate surface area is 211 Å². The van der Waals surface area contributed by atoms with E-state index in [2.05, 4.69) is 25.0 Å². The fourth-order valence-electron chi connectivity index (χ4n) is 3.99. The quantitative estimate of drug-likeness (QED) is 0.398. The lowest BCUT2D eigenvalue weighted by Gasteiger charge is -2.26. The zero-order valence-corrected chi connectivity index (χ0v) is 21.1. The molecule has 184 valence electrons. The molecule has 0 radical (unpaired) electrons. The van der Waals surface area contributed by atoms with Crippen LogP contribution in [0.2, 0.25) is 5.02 Å². The zero-order chi connectivity index (χ0) is 24.8. The Hall–Kier alpha value is -3.01. The minimum absolute atomic E-state index is 0.00971. The Kier molecular flexibility index (Phi) is 8.00. The maximum absolute atomic E-state index is 12.7. The van der Waals surface area contributed by atoms with Gasteiger partial charge in [0.25, 0.3) is 10.0 Å². The molecule has 0 saturated heterocycles. The third kappa shape index (κ3) is 6.56. The maximum atomic E-state index is 12.7. The van der Waals surface area contributed by atoms with Crippen molar-refractivity contribution in [3.63, 3.8) is 0 Å². The molecule has 35 heavy (non-hydrogen) atoms. The molecule has 0 aliphatic heterocycles. The molecule has 2 aromatic heterocycles. The van der Waals surface area contributed by atoms with Gasteiger partial charge in [0.15, 0.2) is 0 Å². The fraction of sp³-hybridized carbons (Fsp3) is 0.320. The van der Waals surface area contributed by atoms with Gasteiger partial charge in [0.2, 0.25) is 5.95 Å². The number of benzene rings is 1. The molecule has 0 unspecified atom stereocenters. The molecule has 1 aliphatic carbocycles. The third-order valence-electron chi connectivity index (χ3n) is 5.94. The molecule has 0 spiro atoms. The van der Waals surface area contributed by atoms with Gasteiger partial charge in [-0.05, 0) is 61.9 Å². The van der Waals surface area contributed by atoms with Gasteiger partial charge >= 0.3 is 0 Å². The smallest absolute Gasteiger partial charge is 0.264 e. The average molecular weight is 513 g/mol. The van der Waals surface area contributed by atoms with Gasteiger partial charge in [-0.15, -0.1) is 0 Å². The number of nitrogens with one attached hydrogen (secondary N) is 2. The number of aryl methyl sites for hydroxylation is 1. The molecule has 1 fully saturated rings. The summed E-state index contributed by atoms with van der Waals surface area (Å²) in [6.45, 7) is 1.97. The van der Waals surface area contributed by atoms with E-state index >= 15 is 0 Å². The molecule has 1 aromatic carbocycles. The summed E-state index contributed by atoms with van der Waals surface area (Å²) in [4.78, 5) is 13.4. The van der Waals surface area contributed by atoms with E-state index in [0.29, 0.717) is 24.5 Å². The van der Waals surface area contributed by atoms with Gasteiger partial charge in [0, 0.05) is 35.7 Å². The van der Waals surface area contributed by atoms with E-state index in [1.165, 1.54) is 12.1 Å². The van der Waals surface area contributed by atoms with Crippen LogP contribution < -0.4 is 15.8 Å². The number of nitrogens with two attached hydrogens (primary N) is 1. The summed E-state index contributed by atoms with van der Waals surface area (Å²) in [5.74, 6) is 0.857. The normalized spacial score (nSPS) is 18.5. The van der Waals surface area contributed by atoms with Crippen LogP contribution >= 0.6 is 11.6 Å². The predicted molar refractivity (Wildman–Crippen MR) is 141 cm³/mol. The van der Waals surface area contributed by atoms with Crippen molar-refractivity contribution in [1.29, 1.82) is 0 Å². The number of hydrogen-bond acceptors (Lipinski definition) is 7. The molecule has 3 aromatic rings. The van der Waals surface area contributed by atoms with Crippen LogP contribution in [0.1, 0.15) is 49.4 Å². The van der Waals surface area contributed by atoms with Crippen LogP contribution in [0, 0.1) is 0 Å². The second kappa shape index (κ2) is 11.2. The largest absolute Gasteiger partial charge is 0.351 e. The van der Waals surface area contributed by atoms with Crippen molar-refractivity contribution in [1.82, 2.24) is 15.0 Å². The standard InChI is InChI=1S/C25H29ClN6O2S/c1-2-22-18(9-14-24(31-22)32-35(33,34)23-6-4-3-5-21(23)26)8-7-17-15-28-25(29-16-17)30-20-12-10-19(27)11-13-20/h3-9,14-16,19-20H,2,10-13,27H2,1H3,(H,31,32)(H,28,29,30). The number of hydrogen-bond donors (Lipinski definition) is 3. The van der Waals surface area contributed by atoms with Crippen molar-refractivity contribution in [2.45, 2.75) is 56.0 Å². The van der Waals surface area contributed by atoms with Crippen LogP contribution in [0.25, 0.3) is 12.2 Å². The van der Waals surface area contributed by atoms with Crippen LogP contribution in [0.15, 0.2) is 53.7 Å². The van der Waals surface area contributed by atoms with Gasteiger partial charge in [-0.2, -0.15) is 0 Å². The monoisotopic (exact) mass is 512 g/mol. The van der Waals surface area contributed by atoms with Crippen molar-refractivity contribution < 1.29 is 8.42 Å². The number of halogens is 1. The molecule has 0 amide bonds. The van der Waals surface area contributed by atoms with E-state index in [0.717, 1.165) is 42.5 Å². The van der Waals surface area contributed by atoms with Crippen LogP contribution in [-0.2, 0) is 16.4 Å². The summed E-state index contributed by atoms with van der Waals surface area (Å²) < 4.78 is 27.9. The van der Waals surface area contributed by atoms with Crippen LogP contribution in [0.4, 0.5) is 11.8 Å². The predicted octanol–water partition coefficient (Wildman–Crippen LogP) is 4.74. The fourth-order valence-corrected chi connectivity index (χ4v) is 5.51. The molecule has 0 atom stereocenters. The van der Waals surface area contributed by atoms with Gasteiger partial charge in [-0.25, -0.2) is 23.4 Å². The topological polar surface area (TPSA) is 123 Å². The van der Waals surface area contributed by atoms with E-state index in [1.807, 2.05) is 25.1 Å². The number of pyridine rings is 1. The summed E-state index contributed by atoms with van der Waals surface area (Å²) in [5, 5.41) is 3.54. The van der Waals surface area contributed by atoms with Crippen molar-refractivity contribution in [2.75, 3.05) is 10.0 Å². The van der Waals surface area contributed by atoms with Crippen LogP contribution in [0.3, 0.4) is 0 Å². The summed E-state index contributed by atoms with van der Waals surface area (Å²) in [7, 11) is -3.85. The molecule has 4 rings (SSSR count). The molecule has 8 nitrogen and oxygen atoms in total. The number of nitrogens with zero attached hydrogens (tertiary/aromatic N) is 3. The van der Waals surface area contributed by atoms with E-state index in [1.54, 1.807) is 30.6 Å². The zero-order valence-electron chi connectivity index (χ0n) is 19.5. The van der Waals surface area contributed by atoms with Gasteiger partial charge in [-0.3, -0.25) is 4.72 Å². The first kappa shape index (κ1) is 25.1. The third-order valence-corrected chi connectivity index (χ3v) is 7.80. The lowest BCUT2D eigenvalue weighted by molar-refractivity contribution is 0.410. The molecule has 2 heterocycles. The minimum Gasteiger partial charge on any atom is -0.351 e. The number of aromatic nitrogens is 3. The van der Waals surface area contributed by atoms with Gasteiger partial charge in [0.05, 0.1) is 5.02 Å². The Bertz CT molecular complexity index is 1290. The summed E-state index contributed by atoms with van der Waals surface area (Å²) >= 11 is 6.05. The Morgan fingerprint density at radius 3 is 2.46 bits per heavy atom. The first-order chi connectivity index (χ1) is 16.8.